The van der Waals surface area contributed by atoms with Gasteiger partial charge in [-0.3, -0.25) is 4.98 Å². The van der Waals surface area contributed by atoms with Crippen molar-refractivity contribution in [3.8, 4) is 22.5 Å². The molecule has 33 heavy (non-hydrogen) atoms. The summed E-state index contributed by atoms with van der Waals surface area (Å²) >= 11 is 0. The predicted molar refractivity (Wildman–Crippen MR) is 118 cm³/mol. The van der Waals surface area contributed by atoms with Crippen LogP contribution in [0.25, 0.3) is 33.5 Å². The van der Waals surface area contributed by atoms with E-state index in [9.17, 15) is 16.8 Å². The smallest absolute Gasteiger partial charge is 0.241 e. The van der Waals surface area contributed by atoms with Crippen LogP contribution in [0.1, 0.15) is 0 Å². The Morgan fingerprint density at radius 3 is 2.61 bits per heavy atom. The highest BCUT2D eigenvalue weighted by atomic mass is 32.2. The van der Waals surface area contributed by atoms with Crippen LogP contribution in [0.4, 0.5) is 0 Å². The van der Waals surface area contributed by atoms with Gasteiger partial charge in [0.25, 0.3) is 0 Å². The van der Waals surface area contributed by atoms with Gasteiger partial charge in [-0.05, 0) is 29.0 Å². The lowest BCUT2D eigenvalue weighted by atomic mass is 10.00. The summed E-state index contributed by atoms with van der Waals surface area (Å²) in [5, 5.41) is 18.9. The highest BCUT2D eigenvalue weighted by Crippen LogP contribution is 2.38. The molecule has 0 saturated heterocycles. The number of H-pyrrole nitrogens is 2. The molecule has 0 aliphatic carbocycles. The number of benzene rings is 1. The second-order valence-electron chi connectivity index (χ2n) is 7.08. The number of primary sulfonamides is 1. The summed E-state index contributed by atoms with van der Waals surface area (Å²) in [6.45, 7) is -0.193. The summed E-state index contributed by atoms with van der Waals surface area (Å²) in [5.74, 6) is -0.170. The average Bonchev–Trinajstić information content (AvgIpc) is 3.47. The van der Waals surface area contributed by atoms with Crippen molar-refractivity contribution in [1.82, 2.24) is 35.3 Å². The Hall–Kier alpha value is -3.28. The molecule has 0 fully saturated rings. The number of rotatable bonds is 8. The maximum absolute atomic E-state index is 13.0. The lowest BCUT2D eigenvalue weighted by Gasteiger charge is -2.17. The summed E-state index contributed by atoms with van der Waals surface area (Å²) in [5.41, 5.74) is 13.1. The number of nitrogens with one attached hydrogen (secondary N) is 3. The molecule has 4 aromatic rings. The van der Waals surface area contributed by atoms with Gasteiger partial charge in [-0.1, -0.05) is 6.07 Å². The molecule has 16 heteroatoms. The van der Waals surface area contributed by atoms with E-state index in [0.717, 1.165) is 6.07 Å². The second kappa shape index (κ2) is 8.58. The minimum atomic E-state index is -4.60. The number of hydrogen-bond donors (Lipinski definition) is 6. The number of nitrogens with two attached hydrogens (primary N) is 3. The Morgan fingerprint density at radius 1 is 1.15 bits per heavy atom. The fourth-order valence-electron chi connectivity index (χ4n) is 3.25. The zero-order valence-corrected chi connectivity index (χ0v) is 18.6. The first-order valence-electron chi connectivity index (χ1n) is 9.44. The molecule has 0 bridgehead atoms. The first-order valence-corrected chi connectivity index (χ1v) is 12.5. The van der Waals surface area contributed by atoms with E-state index in [1.807, 2.05) is 0 Å². The van der Waals surface area contributed by atoms with Gasteiger partial charge in [0.2, 0.25) is 25.9 Å². The molecule has 0 saturated carbocycles. The molecule has 174 valence electrons. The van der Waals surface area contributed by atoms with Gasteiger partial charge in [0, 0.05) is 37.1 Å². The highest BCUT2D eigenvalue weighted by molar-refractivity contribution is 7.92. The van der Waals surface area contributed by atoms with Crippen molar-refractivity contribution < 1.29 is 16.8 Å². The summed E-state index contributed by atoms with van der Waals surface area (Å²) in [6.07, 6.45) is 3.21. The molecule has 3 heterocycles. The minimum Gasteiger partial charge on any atom is -0.360 e. The Bertz CT molecular complexity index is 1510. The van der Waals surface area contributed by atoms with E-state index in [-0.39, 0.29) is 30.0 Å². The molecule has 0 spiro atoms. The maximum atomic E-state index is 13.0. The van der Waals surface area contributed by atoms with Gasteiger partial charge >= 0.3 is 0 Å². The highest BCUT2D eigenvalue weighted by Gasteiger charge is 2.32. The molecule has 0 unspecified atom stereocenters. The summed E-state index contributed by atoms with van der Waals surface area (Å²) in [4.78, 5) is 6.06. The number of aromatic amines is 2. The topological polar surface area (TPSA) is 242 Å². The number of hydrogen-bond acceptors (Lipinski definition) is 10. The van der Waals surface area contributed by atoms with Gasteiger partial charge < -0.3 is 16.5 Å². The van der Waals surface area contributed by atoms with Gasteiger partial charge in [-0.2, -0.15) is 5.21 Å². The summed E-state index contributed by atoms with van der Waals surface area (Å²) in [7, 11) is -8.97. The van der Waals surface area contributed by atoms with Crippen LogP contribution in [0.15, 0.2) is 46.5 Å². The van der Waals surface area contributed by atoms with E-state index in [1.165, 1.54) is 12.3 Å². The van der Waals surface area contributed by atoms with E-state index in [1.54, 1.807) is 18.3 Å². The van der Waals surface area contributed by atoms with Crippen LogP contribution in [-0.4, -0.2) is 66.6 Å². The van der Waals surface area contributed by atoms with Crippen LogP contribution < -0.4 is 21.3 Å². The Kier molecular flexibility index (Phi) is 5.95. The molecule has 4 rings (SSSR count). The molecule has 14 nitrogen and oxygen atoms in total. The van der Waals surface area contributed by atoms with Crippen LogP contribution >= 0.6 is 0 Å². The van der Waals surface area contributed by atoms with Gasteiger partial charge in [0.1, 0.15) is 9.79 Å². The predicted octanol–water partition coefficient (Wildman–Crippen LogP) is -1.38. The van der Waals surface area contributed by atoms with Crippen molar-refractivity contribution in [2.24, 2.45) is 16.6 Å². The third kappa shape index (κ3) is 4.47. The fraction of sp³-hybridized carbons (Fsp3) is 0.176. The van der Waals surface area contributed by atoms with Crippen molar-refractivity contribution in [1.29, 1.82) is 0 Å². The minimum absolute atomic E-state index is 0.0197. The second-order valence-corrected chi connectivity index (χ2v) is 10.3. The molecule has 1 atom stereocenters. The number of tetrazole rings is 1. The zero-order valence-electron chi connectivity index (χ0n) is 16.9. The number of sulfonamides is 2. The van der Waals surface area contributed by atoms with Gasteiger partial charge in [-0.25, -0.2) is 26.7 Å². The van der Waals surface area contributed by atoms with E-state index in [2.05, 4.69) is 35.3 Å². The number of nitrogens with zero attached hydrogens (tertiary/aromatic N) is 4. The molecule has 1 aromatic carbocycles. The molecule has 0 radical (unpaired) electrons. The monoisotopic (exact) mass is 492 g/mol. The summed E-state index contributed by atoms with van der Waals surface area (Å²) in [6, 6.07) is 5.37. The largest absolute Gasteiger partial charge is 0.360 e. The first kappa shape index (κ1) is 22.9. The Balaban J connectivity index is 2.00. The van der Waals surface area contributed by atoms with Crippen LogP contribution in [0.2, 0.25) is 0 Å². The molecule has 0 amide bonds. The van der Waals surface area contributed by atoms with E-state index < -0.39 is 35.9 Å². The van der Waals surface area contributed by atoms with Crippen LogP contribution in [-0.2, 0) is 20.0 Å². The fourth-order valence-corrected chi connectivity index (χ4v) is 5.94. The molecule has 9 N–H and O–H groups in total. The maximum Gasteiger partial charge on any atom is 0.241 e. The average molecular weight is 493 g/mol. The zero-order chi connectivity index (χ0) is 23.8. The van der Waals surface area contributed by atoms with Crippen LogP contribution in [0.5, 0.6) is 0 Å². The molecule has 0 aliphatic heterocycles. The normalized spacial score (nSPS) is 13.4. The lowest BCUT2D eigenvalue weighted by Crippen LogP contribution is -2.42. The lowest BCUT2D eigenvalue weighted by molar-refractivity contribution is 0.563. The van der Waals surface area contributed by atoms with Gasteiger partial charge in [0.05, 0.1) is 16.6 Å². The third-order valence-electron chi connectivity index (χ3n) is 4.81. The van der Waals surface area contributed by atoms with E-state index >= 15 is 0 Å². The number of aromatic nitrogens is 6. The van der Waals surface area contributed by atoms with Crippen molar-refractivity contribution in [3.05, 3.63) is 36.7 Å². The van der Waals surface area contributed by atoms with Gasteiger partial charge in [0.15, 0.2) is 0 Å². The molecular weight excluding hydrogens is 472 g/mol. The van der Waals surface area contributed by atoms with Crippen molar-refractivity contribution in [2.75, 3.05) is 13.1 Å². The standard InChI is InChI=1S/C17H20N10O4S2/c18-6-10(19)8-23-33(30,31)14-2-1-11(9-5-13-12(22-7-9)3-4-21-13)15(16(14)32(20,28)29)17-24-26-27-25-17/h1-5,7,10,21,23H,6,8,18-19H2,(H2,20,28,29)(H,24,25,26,27)/t10-/m0/s1. The first-order chi connectivity index (χ1) is 15.6. The molecule has 3 aromatic heterocycles. The molecule has 0 aliphatic rings. The SMILES string of the molecule is NC[C@H](N)CNS(=O)(=O)c1ccc(-c2cnc3cc[nH]c3c2)c(-c2nn[nH]n2)c1S(N)(=O)=O. The number of pyridine rings is 1. The number of fused-ring (bicyclic) bond motifs is 1. The van der Waals surface area contributed by atoms with Crippen molar-refractivity contribution >= 4 is 31.1 Å². The van der Waals surface area contributed by atoms with E-state index in [4.69, 9.17) is 16.6 Å². The van der Waals surface area contributed by atoms with Gasteiger partial charge in [-0.15, -0.1) is 10.2 Å². The van der Waals surface area contributed by atoms with E-state index in [0.29, 0.717) is 16.6 Å². The Labute approximate surface area is 188 Å². The Morgan fingerprint density at radius 2 is 1.94 bits per heavy atom. The van der Waals surface area contributed by atoms with Crippen LogP contribution in [0, 0.1) is 0 Å². The molecular formula is C17H20N10O4S2. The van der Waals surface area contributed by atoms with Crippen molar-refractivity contribution in [2.45, 2.75) is 15.8 Å². The van der Waals surface area contributed by atoms with Crippen LogP contribution in [0.3, 0.4) is 0 Å². The quantitative estimate of drug-likeness (QED) is 0.168. The van der Waals surface area contributed by atoms with Crippen molar-refractivity contribution in [3.63, 3.8) is 0 Å². The summed E-state index contributed by atoms with van der Waals surface area (Å²) < 4.78 is 53.7. The third-order valence-corrected chi connectivity index (χ3v) is 7.40.